The Morgan fingerprint density at radius 1 is 0.683 bits per heavy atom. The summed E-state index contributed by atoms with van der Waals surface area (Å²) in [4.78, 5) is 14.5. The lowest BCUT2D eigenvalue weighted by molar-refractivity contribution is 0.483. The summed E-state index contributed by atoms with van der Waals surface area (Å²) >= 11 is 0. The SMILES string of the molecule is Cc1ccc(S(=O)(=O)O)cc1.c1ccc(C2=Nc3cc4nc5ccccc5nc4cc3N(c3ccccc3)N2)cc1. The summed E-state index contributed by atoms with van der Waals surface area (Å²) in [6, 6.07) is 38.3. The second-order valence-electron chi connectivity index (χ2n) is 9.44. The molecule has 7 rings (SSSR count). The summed E-state index contributed by atoms with van der Waals surface area (Å²) in [5, 5.41) is 2.06. The zero-order chi connectivity index (χ0) is 28.4. The first-order valence-corrected chi connectivity index (χ1v) is 14.3. The number of nitrogens with zero attached hydrogens (tertiary/aromatic N) is 4. The van der Waals surface area contributed by atoms with Gasteiger partial charge >= 0.3 is 0 Å². The summed E-state index contributed by atoms with van der Waals surface area (Å²) in [6.07, 6.45) is 0. The number of benzene rings is 5. The van der Waals surface area contributed by atoms with Gasteiger partial charge in [0.1, 0.15) is 0 Å². The number of nitrogens with one attached hydrogen (secondary N) is 1. The van der Waals surface area contributed by atoms with Crippen LogP contribution in [0.1, 0.15) is 11.1 Å². The number of hydrogen-bond donors (Lipinski definition) is 2. The van der Waals surface area contributed by atoms with Gasteiger partial charge in [-0.25, -0.2) is 15.0 Å². The molecule has 1 aromatic heterocycles. The number of anilines is 2. The number of hydrogen-bond acceptors (Lipinski definition) is 7. The van der Waals surface area contributed by atoms with Crippen LogP contribution in [0.25, 0.3) is 22.1 Å². The van der Waals surface area contributed by atoms with E-state index in [1.807, 2.05) is 85.8 Å². The first kappa shape index (κ1) is 26.1. The molecule has 9 heteroatoms. The van der Waals surface area contributed by atoms with E-state index in [1.165, 1.54) is 12.1 Å². The van der Waals surface area contributed by atoms with E-state index in [4.69, 9.17) is 19.5 Å². The molecule has 0 saturated heterocycles. The van der Waals surface area contributed by atoms with Gasteiger partial charge < -0.3 is 0 Å². The number of aromatic nitrogens is 2. The van der Waals surface area contributed by atoms with Crippen LogP contribution < -0.4 is 10.4 Å². The van der Waals surface area contributed by atoms with E-state index < -0.39 is 10.1 Å². The van der Waals surface area contributed by atoms with Crippen LogP contribution >= 0.6 is 0 Å². The number of fused-ring (bicyclic) bond motifs is 3. The molecule has 5 aromatic carbocycles. The molecule has 6 aromatic rings. The molecule has 0 bridgehead atoms. The third-order valence-corrected chi connectivity index (χ3v) is 7.37. The Hall–Kier alpha value is -5.12. The monoisotopic (exact) mass is 559 g/mol. The molecule has 0 atom stereocenters. The van der Waals surface area contributed by atoms with Crippen LogP contribution in [0.2, 0.25) is 0 Å². The van der Waals surface area contributed by atoms with Crippen LogP contribution in [-0.2, 0) is 10.1 Å². The van der Waals surface area contributed by atoms with Crippen LogP contribution in [0.5, 0.6) is 0 Å². The molecule has 0 unspecified atom stereocenters. The lowest BCUT2D eigenvalue weighted by Crippen LogP contribution is -2.41. The van der Waals surface area contributed by atoms with Crippen LogP contribution in [0, 0.1) is 6.92 Å². The minimum Gasteiger partial charge on any atom is -0.282 e. The van der Waals surface area contributed by atoms with Gasteiger partial charge in [-0.2, -0.15) is 8.42 Å². The number of aliphatic imine (C=N–C) groups is 1. The maximum absolute atomic E-state index is 10.5. The lowest BCUT2D eigenvalue weighted by Gasteiger charge is -2.32. The highest BCUT2D eigenvalue weighted by Gasteiger charge is 2.23. The standard InChI is InChI=1S/C25H17N5.C7H8O3S/c1-3-9-17(10-4-1)25-28-23-15-21-22(27-20-14-8-7-13-19(20)26-21)16-24(23)30(29-25)18-11-5-2-6-12-18;1-6-2-4-7(5-3-6)11(8,9)10/h1-16H,(H,28,29);2-5H,1H3,(H,8,9,10). The summed E-state index contributed by atoms with van der Waals surface area (Å²) in [5.74, 6) is 0.792. The van der Waals surface area contributed by atoms with Crippen LogP contribution in [0.15, 0.2) is 131 Å². The van der Waals surface area contributed by atoms with E-state index in [0.29, 0.717) is 0 Å². The summed E-state index contributed by atoms with van der Waals surface area (Å²) in [5.41, 5.74) is 11.7. The average Bonchev–Trinajstić information content (AvgIpc) is 2.99. The molecule has 1 aliphatic heterocycles. The Bertz CT molecular complexity index is 2000. The maximum atomic E-state index is 10.5. The van der Waals surface area contributed by atoms with Gasteiger partial charge in [0.25, 0.3) is 10.1 Å². The van der Waals surface area contributed by atoms with Crippen LogP contribution in [0.4, 0.5) is 17.1 Å². The Balaban J connectivity index is 0.000000233. The van der Waals surface area contributed by atoms with E-state index in [1.54, 1.807) is 12.1 Å². The van der Waals surface area contributed by atoms with E-state index in [9.17, 15) is 8.42 Å². The van der Waals surface area contributed by atoms with Crippen molar-refractivity contribution in [2.75, 3.05) is 5.01 Å². The summed E-state index contributed by atoms with van der Waals surface area (Å²) in [6.45, 7) is 1.84. The molecule has 202 valence electrons. The quantitative estimate of drug-likeness (QED) is 0.182. The Morgan fingerprint density at radius 3 is 1.85 bits per heavy atom. The normalized spacial score (nSPS) is 12.6. The van der Waals surface area contributed by atoms with Crippen molar-refractivity contribution in [3.8, 4) is 0 Å². The number of rotatable bonds is 3. The molecular formula is C32H25N5O3S. The van der Waals surface area contributed by atoms with E-state index in [-0.39, 0.29) is 4.90 Å². The van der Waals surface area contributed by atoms with Gasteiger partial charge in [-0.1, -0.05) is 78.4 Å². The second kappa shape index (κ2) is 10.8. The van der Waals surface area contributed by atoms with Crippen LogP contribution in [0.3, 0.4) is 0 Å². The Kier molecular flexibility index (Phi) is 6.88. The van der Waals surface area contributed by atoms with Gasteiger partial charge in [0.05, 0.1) is 44.0 Å². The fourth-order valence-corrected chi connectivity index (χ4v) is 4.92. The van der Waals surface area contributed by atoms with Gasteiger partial charge in [0, 0.05) is 5.56 Å². The third-order valence-electron chi connectivity index (χ3n) is 6.51. The molecule has 0 saturated carbocycles. The third kappa shape index (κ3) is 5.62. The molecule has 0 amide bonds. The zero-order valence-corrected chi connectivity index (χ0v) is 22.8. The molecule has 0 spiro atoms. The molecular weight excluding hydrogens is 534 g/mol. The van der Waals surface area contributed by atoms with Gasteiger partial charge in [0.15, 0.2) is 5.84 Å². The molecule has 0 fully saturated rings. The van der Waals surface area contributed by atoms with Crippen molar-refractivity contribution >= 4 is 55.1 Å². The van der Waals surface area contributed by atoms with Crippen molar-refractivity contribution in [1.29, 1.82) is 0 Å². The van der Waals surface area contributed by atoms with Crippen molar-refractivity contribution in [3.63, 3.8) is 0 Å². The highest BCUT2D eigenvalue weighted by atomic mass is 32.2. The number of para-hydroxylation sites is 3. The van der Waals surface area contributed by atoms with Crippen molar-refractivity contribution in [1.82, 2.24) is 15.4 Å². The second-order valence-corrected chi connectivity index (χ2v) is 10.9. The number of hydrazine groups is 1. The number of amidine groups is 1. The van der Waals surface area contributed by atoms with Gasteiger partial charge in [-0.3, -0.25) is 15.0 Å². The van der Waals surface area contributed by atoms with Crippen molar-refractivity contribution in [2.24, 2.45) is 4.99 Å². The fraction of sp³-hybridized carbons (Fsp3) is 0.0312. The largest absolute Gasteiger partial charge is 0.294 e. The minimum absolute atomic E-state index is 0.0666. The zero-order valence-electron chi connectivity index (χ0n) is 22.0. The molecule has 1 aliphatic rings. The summed E-state index contributed by atoms with van der Waals surface area (Å²) in [7, 11) is -4.02. The summed E-state index contributed by atoms with van der Waals surface area (Å²) < 4.78 is 29.6. The molecule has 2 N–H and O–H groups in total. The minimum atomic E-state index is -4.02. The van der Waals surface area contributed by atoms with E-state index in [0.717, 1.165) is 56.1 Å². The lowest BCUT2D eigenvalue weighted by atomic mass is 10.1. The number of aryl methyl sites for hydroxylation is 1. The van der Waals surface area contributed by atoms with E-state index in [2.05, 4.69) is 28.6 Å². The van der Waals surface area contributed by atoms with Crippen molar-refractivity contribution < 1.29 is 13.0 Å². The van der Waals surface area contributed by atoms with Crippen LogP contribution in [-0.4, -0.2) is 28.8 Å². The maximum Gasteiger partial charge on any atom is 0.294 e. The van der Waals surface area contributed by atoms with Crippen molar-refractivity contribution in [3.05, 3.63) is 132 Å². The molecule has 41 heavy (non-hydrogen) atoms. The first-order valence-electron chi connectivity index (χ1n) is 12.9. The highest BCUT2D eigenvalue weighted by Crippen LogP contribution is 2.38. The molecule has 0 aliphatic carbocycles. The molecule has 2 heterocycles. The smallest absolute Gasteiger partial charge is 0.282 e. The molecule has 0 radical (unpaired) electrons. The Labute approximate surface area is 237 Å². The topological polar surface area (TPSA) is 108 Å². The predicted molar refractivity (Wildman–Crippen MR) is 162 cm³/mol. The van der Waals surface area contributed by atoms with Gasteiger partial charge in [-0.15, -0.1) is 0 Å². The van der Waals surface area contributed by atoms with Crippen molar-refractivity contribution in [2.45, 2.75) is 11.8 Å². The van der Waals surface area contributed by atoms with Gasteiger partial charge in [0.2, 0.25) is 0 Å². The van der Waals surface area contributed by atoms with Gasteiger partial charge in [-0.05, 0) is 55.5 Å². The average molecular weight is 560 g/mol. The first-order chi connectivity index (χ1) is 19.8. The fourth-order valence-electron chi connectivity index (χ4n) is 4.44. The van der Waals surface area contributed by atoms with E-state index >= 15 is 0 Å². The predicted octanol–water partition coefficient (Wildman–Crippen LogP) is 6.76. The molecule has 8 nitrogen and oxygen atoms in total. The highest BCUT2D eigenvalue weighted by molar-refractivity contribution is 7.85. The Morgan fingerprint density at radius 2 is 1.24 bits per heavy atom.